The number of piperidine rings is 1. The van der Waals surface area contributed by atoms with Gasteiger partial charge in [0.2, 0.25) is 11.8 Å². The topological polar surface area (TPSA) is 148 Å². The summed E-state index contributed by atoms with van der Waals surface area (Å²) < 4.78 is 28.8. The molecule has 3 heterocycles. The molecule has 12 heteroatoms. The van der Waals surface area contributed by atoms with E-state index in [0.29, 0.717) is 18.4 Å². The number of carbonyl (C=O) groups is 4. The second-order valence-electron chi connectivity index (χ2n) is 8.08. The lowest BCUT2D eigenvalue weighted by Gasteiger charge is -2.27. The molecule has 4 rings (SSSR count). The van der Waals surface area contributed by atoms with Gasteiger partial charge in [0.25, 0.3) is 21.8 Å². The Hall–Kier alpha value is -3.38. The Labute approximate surface area is 190 Å². The normalized spacial score (nSPS) is 18.6. The lowest BCUT2D eigenvalue weighted by molar-refractivity contribution is -0.136. The Morgan fingerprint density at radius 3 is 2.55 bits per heavy atom. The molecule has 0 spiro atoms. The standard InChI is InChI=1S/C21H23N5O6S/c1-12-11-22-25(2)21(12)33(31,32)23-9-3-4-13-5-6-14-15(10-13)20(30)26(19(14)29)16-7-8-17(27)24-18(16)28/h5-6,10-11,16,23H,3-4,7-9H2,1-2H3,(H,24,27,28). The van der Waals surface area contributed by atoms with Crippen molar-refractivity contribution >= 4 is 33.7 Å². The monoisotopic (exact) mass is 473 g/mol. The van der Waals surface area contributed by atoms with Crippen molar-refractivity contribution in [2.75, 3.05) is 6.54 Å². The Balaban J connectivity index is 1.40. The minimum atomic E-state index is -3.70. The van der Waals surface area contributed by atoms with Crippen molar-refractivity contribution in [2.24, 2.45) is 7.05 Å². The van der Waals surface area contributed by atoms with Crippen LogP contribution in [0.5, 0.6) is 0 Å². The number of nitrogens with zero attached hydrogens (tertiary/aromatic N) is 3. The van der Waals surface area contributed by atoms with Crippen molar-refractivity contribution in [1.29, 1.82) is 0 Å². The number of hydrogen-bond donors (Lipinski definition) is 2. The zero-order valence-electron chi connectivity index (χ0n) is 18.1. The van der Waals surface area contributed by atoms with Gasteiger partial charge in [-0.15, -0.1) is 0 Å². The molecule has 0 aliphatic carbocycles. The summed E-state index contributed by atoms with van der Waals surface area (Å²) in [6.45, 7) is 1.85. The highest BCUT2D eigenvalue weighted by atomic mass is 32.2. The maximum atomic E-state index is 12.9. The van der Waals surface area contributed by atoms with Crippen molar-refractivity contribution in [3.8, 4) is 0 Å². The molecule has 1 unspecified atom stereocenters. The number of aryl methyl sites for hydroxylation is 3. The van der Waals surface area contributed by atoms with E-state index in [9.17, 15) is 27.6 Å². The zero-order valence-corrected chi connectivity index (χ0v) is 18.9. The van der Waals surface area contributed by atoms with Gasteiger partial charge in [-0.05, 0) is 43.9 Å². The highest BCUT2D eigenvalue weighted by molar-refractivity contribution is 7.89. The first-order valence-corrected chi connectivity index (χ1v) is 11.9. The van der Waals surface area contributed by atoms with Crippen LogP contribution in [0.25, 0.3) is 0 Å². The minimum absolute atomic E-state index is 0.0588. The first-order chi connectivity index (χ1) is 15.6. The van der Waals surface area contributed by atoms with Gasteiger partial charge in [0, 0.05) is 25.6 Å². The molecule has 1 aromatic carbocycles. The van der Waals surface area contributed by atoms with Crippen LogP contribution in [0.1, 0.15) is 51.1 Å². The van der Waals surface area contributed by atoms with Gasteiger partial charge < -0.3 is 0 Å². The molecular weight excluding hydrogens is 450 g/mol. The quantitative estimate of drug-likeness (QED) is 0.426. The molecule has 2 N–H and O–H groups in total. The predicted octanol–water partition coefficient (Wildman–Crippen LogP) is 0.0408. The fourth-order valence-corrected chi connectivity index (χ4v) is 5.58. The predicted molar refractivity (Wildman–Crippen MR) is 115 cm³/mol. The highest BCUT2D eigenvalue weighted by Gasteiger charge is 2.44. The third-order valence-corrected chi connectivity index (χ3v) is 7.43. The van der Waals surface area contributed by atoms with Crippen molar-refractivity contribution in [3.63, 3.8) is 0 Å². The van der Waals surface area contributed by atoms with E-state index in [0.717, 1.165) is 10.5 Å². The van der Waals surface area contributed by atoms with E-state index in [1.54, 1.807) is 32.2 Å². The molecule has 0 bridgehead atoms. The van der Waals surface area contributed by atoms with E-state index in [1.165, 1.54) is 10.9 Å². The summed E-state index contributed by atoms with van der Waals surface area (Å²) in [6.07, 6.45) is 2.58. The summed E-state index contributed by atoms with van der Waals surface area (Å²) in [6, 6.07) is 3.84. The van der Waals surface area contributed by atoms with E-state index in [-0.39, 0.29) is 35.5 Å². The summed E-state index contributed by atoms with van der Waals surface area (Å²) in [4.78, 5) is 50.1. The SMILES string of the molecule is Cc1cnn(C)c1S(=O)(=O)NCCCc1ccc2c(c1)C(=O)N(C1CCC(=O)NC1=O)C2=O. The van der Waals surface area contributed by atoms with Gasteiger partial charge >= 0.3 is 0 Å². The molecule has 1 aromatic heterocycles. The Morgan fingerprint density at radius 1 is 1.15 bits per heavy atom. The Kier molecular flexibility index (Phi) is 5.89. The molecule has 2 aromatic rings. The number of hydrogen-bond acceptors (Lipinski definition) is 7. The lowest BCUT2D eigenvalue weighted by Crippen LogP contribution is -2.54. The van der Waals surface area contributed by atoms with Crippen LogP contribution in [0.15, 0.2) is 29.4 Å². The first kappa shape index (κ1) is 22.8. The summed E-state index contributed by atoms with van der Waals surface area (Å²) in [5.74, 6) is -2.21. The van der Waals surface area contributed by atoms with E-state index in [2.05, 4.69) is 15.1 Å². The van der Waals surface area contributed by atoms with Gasteiger partial charge in [-0.25, -0.2) is 13.1 Å². The van der Waals surface area contributed by atoms with Crippen LogP contribution in [0, 0.1) is 6.92 Å². The molecule has 2 aliphatic rings. The Morgan fingerprint density at radius 2 is 1.88 bits per heavy atom. The zero-order chi connectivity index (χ0) is 23.9. The van der Waals surface area contributed by atoms with Crippen LogP contribution in [0.4, 0.5) is 0 Å². The van der Waals surface area contributed by atoms with Gasteiger partial charge in [-0.1, -0.05) is 6.07 Å². The summed E-state index contributed by atoms with van der Waals surface area (Å²) in [5, 5.41) is 6.22. The van der Waals surface area contributed by atoms with Gasteiger partial charge in [0.05, 0.1) is 17.3 Å². The van der Waals surface area contributed by atoms with Crippen LogP contribution in [-0.4, -0.2) is 59.3 Å². The summed E-state index contributed by atoms with van der Waals surface area (Å²) in [7, 11) is -2.15. The summed E-state index contributed by atoms with van der Waals surface area (Å²) >= 11 is 0. The van der Waals surface area contributed by atoms with Crippen molar-refractivity contribution in [3.05, 3.63) is 46.6 Å². The number of fused-ring (bicyclic) bond motifs is 1. The van der Waals surface area contributed by atoms with E-state index in [4.69, 9.17) is 0 Å². The molecule has 2 aliphatic heterocycles. The molecule has 11 nitrogen and oxygen atoms in total. The molecular formula is C21H23N5O6S. The third-order valence-electron chi connectivity index (χ3n) is 5.75. The molecule has 174 valence electrons. The second kappa shape index (κ2) is 8.52. The number of benzene rings is 1. The second-order valence-corrected chi connectivity index (χ2v) is 9.77. The van der Waals surface area contributed by atoms with Crippen LogP contribution < -0.4 is 10.0 Å². The van der Waals surface area contributed by atoms with Crippen LogP contribution in [0.2, 0.25) is 0 Å². The third kappa shape index (κ3) is 4.18. The molecule has 0 radical (unpaired) electrons. The Bertz CT molecular complexity index is 1260. The van der Waals surface area contributed by atoms with Gasteiger partial charge in [0.1, 0.15) is 6.04 Å². The van der Waals surface area contributed by atoms with Crippen molar-refractivity contribution in [1.82, 2.24) is 24.7 Å². The van der Waals surface area contributed by atoms with E-state index >= 15 is 0 Å². The number of rotatable bonds is 7. The lowest BCUT2D eigenvalue weighted by atomic mass is 10.0. The average molecular weight is 474 g/mol. The number of sulfonamides is 1. The number of aromatic nitrogens is 2. The number of imide groups is 2. The van der Waals surface area contributed by atoms with E-state index in [1.807, 2.05) is 0 Å². The maximum Gasteiger partial charge on any atom is 0.262 e. The first-order valence-electron chi connectivity index (χ1n) is 10.4. The molecule has 33 heavy (non-hydrogen) atoms. The summed E-state index contributed by atoms with van der Waals surface area (Å²) in [5.41, 5.74) is 1.72. The van der Waals surface area contributed by atoms with Crippen LogP contribution in [0.3, 0.4) is 0 Å². The van der Waals surface area contributed by atoms with Gasteiger partial charge in [-0.3, -0.25) is 34.1 Å². The van der Waals surface area contributed by atoms with Gasteiger partial charge in [0.15, 0.2) is 5.03 Å². The van der Waals surface area contributed by atoms with E-state index < -0.39 is 39.7 Å². The van der Waals surface area contributed by atoms with Crippen LogP contribution in [-0.2, 0) is 33.1 Å². The van der Waals surface area contributed by atoms with Crippen molar-refractivity contribution < 1.29 is 27.6 Å². The molecule has 4 amide bonds. The number of carbonyl (C=O) groups excluding carboxylic acids is 4. The fraction of sp³-hybridized carbons (Fsp3) is 0.381. The molecule has 1 atom stereocenters. The fourth-order valence-electron chi connectivity index (χ4n) is 4.16. The molecule has 0 saturated carbocycles. The molecule has 1 saturated heterocycles. The average Bonchev–Trinajstić information content (AvgIpc) is 3.22. The van der Waals surface area contributed by atoms with Crippen LogP contribution >= 0.6 is 0 Å². The number of amides is 4. The minimum Gasteiger partial charge on any atom is -0.295 e. The largest absolute Gasteiger partial charge is 0.295 e. The smallest absolute Gasteiger partial charge is 0.262 e. The van der Waals surface area contributed by atoms with Crippen molar-refractivity contribution in [2.45, 2.75) is 43.7 Å². The van der Waals surface area contributed by atoms with Gasteiger partial charge in [-0.2, -0.15) is 5.10 Å². The highest BCUT2D eigenvalue weighted by Crippen LogP contribution is 2.28. The number of nitrogens with one attached hydrogen (secondary N) is 2. The molecule has 1 fully saturated rings. The maximum absolute atomic E-state index is 12.9.